The Morgan fingerprint density at radius 1 is 0.568 bits per heavy atom. The molecule has 37 heavy (non-hydrogen) atoms. The summed E-state index contributed by atoms with van der Waals surface area (Å²) < 4.78 is 17.7. The molecule has 1 unspecified atom stereocenters. The lowest BCUT2D eigenvalue weighted by Crippen LogP contribution is -2.35. The van der Waals surface area contributed by atoms with Crippen molar-refractivity contribution >= 4 is 14.3 Å². The third-order valence-electron chi connectivity index (χ3n) is 6.93. The minimum absolute atomic E-state index is 0.0992. The molecule has 0 aliphatic carbocycles. The maximum absolute atomic E-state index is 12.4. The van der Waals surface area contributed by atoms with Crippen molar-refractivity contribution in [2.24, 2.45) is 0 Å². The van der Waals surface area contributed by atoms with Crippen molar-refractivity contribution in [1.82, 2.24) is 0 Å². The smallest absolute Gasteiger partial charge is 0.306 e. The van der Waals surface area contributed by atoms with E-state index in [1.54, 1.807) is 0 Å². The minimum atomic E-state index is -1.66. The molecular weight excluding hydrogens is 476 g/mol. The van der Waals surface area contributed by atoms with E-state index in [9.17, 15) is 4.79 Å². The summed E-state index contributed by atoms with van der Waals surface area (Å²) in [5.41, 5.74) is 0. The molecule has 0 aromatic carbocycles. The summed E-state index contributed by atoms with van der Waals surface area (Å²) >= 11 is 0. The van der Waals surface area contributed by atoms with Crippen molar-refractivity contribution in [2.75, 3.05) is 19.8 Å². The zero-order valence-electron chi connectivity index (χ0n) is 25.9. The minimum Gasteiger partial charge on any atom is -0.457 e. The Balaban J connectivity index is 3.80. The number of ether oxygens (including phenoxy) is 2. The molecule has 0 spiro atoms. The topological polar surface area (TPSA) is 44.8 Å². The fourth-order valence-corrected chi connectivity index (χ4v) is 5.23. The molecule has 0 aliphatic rings. The lowest BCUT2D eigenvalue weighted by molar-refractivity contribution is -0.154. The molecule has 0 N–H and O–H groups in total. The summed E-state index contributed by atoms with van der Waals surface area (Å²) in [6.07, 6.45) is 27.7. The summed E-state index contributed by atoms with van der Waals surface area (Å²) in [4.78, 5) is 12.4. The van der Waals surface area contributed by atoms with Crippen molar-refractivity contribution in [3.8, 4) is 0 Å². The van der Waals surface area contributed by atoms with Gasteiger partial charge in [-0.25, -0.2) is 0 Å². The molecule has 0 aliphatic heterocycles. The molecular formula is C32H66O4Si. The van der Waals surface area contributed by atoms with E-state index in [0.717, 1.165) is 25.9 Å². The molecule has 0 saturated heterocycles. The number of esters is 1. The van der Waals surface area contributed by atoms with E-state index in [4.69, 9.17) is 13.9 Å². The average Bonchev–Trinajstić information content (AvgIpc) is 2.85. The Kier molecular flexibility index (Phi) is 26.9. The van der Waals surface area contributed by atoms with Gasteiger partial charge >= 0.3 is 5.97 Å². The van der Waals surface area contributed by atoms with Crippen LogP contribution in [0.5, 0.6) is 0 Å². The molecule has 0 amide bonds. The quantitative estimate of drug-likeness (QED) is 0.0535. The lowest BCUT2D eigenvalue weighted by Gasteiger charge is -2.23. The molecule has 0 saturated carbocycles. The van der Waals surface area contributed by atoms with E-state index in [-0.39, 0.29) is 12.1 Å². The van der Waals surface area contributed by atoms with Gasteiger partial charge in [0.05, 0.1) is 13.2 Å². The van der Waals surface area contributed by atoms with E-state index in [0.29, 0.717) is 19.6 Å². The van der Waals surface area contributed by atoms with Gasteiger partial charge in [0.2, 0.25) is 0 Å². The van der Waals surface area contributed by atoms with Crippen LogP contribution in [0, 0.1) is 0 Å². The molecule has 222 valence electrons. The first-order valence-corrected chi connectivity index (χ1v) is 19.7. The van der Waals surface area contributed by atoms with Crippen LogP contribution >= 0.6 is 0 Å². The van der Waals surface area contributed by atoms with Crippen LogP contribution in [-0.2, 0) is 18.7 Å². The monoisotopic (exact) mass is 542 g/mol. The first-order chi connectivity index (χ1) is 17.9. The number of rotatable bonds is 29. The highest BCUT2D eigenvalue weighted by Gasteiger charge is 2.20. The van der Waals surface area contributed by atoms with E-state index < -0.39 is 8.32 Å². The second kappa shape index (κ2) is 27.2. The molecule has 1 atom stereocenters. The van der Waals surface area contributed by atoms with Gasteiger partial charge in [0, 0.05) is 13.0 Å². The zero-order valence-corrected chi connectivity index (χ0v) is 26.9. The van der Waals surface area contributed by atoms with Crippen LogP contribution in [0.25, 0.3) is 0 Å². The van der Waals surface area contributed by atoms with Gasteiger partial charge in [-0.15, -0.1) is 0 Å². The van der Waals surface area contributed by atoms with E-state index >= 15 is 0 Å². The number of carbonyl (C=O) groups is 1. The molecule has 0 radical (unpaired) electrons. The number of hydrogen-bond acceptors (Lipinski definition) is 4. The SMILES string of the molecule is CCCCCCCCCCCCCCCCOCC(CO[Si](C)(C)C)OC(=O)CCCCCCCCC. The van der Waals surface area contributed by atoms with Gasteiger partial charge in [0.25, 0.3) is 0 Å². The van der Waals surface area contributed by atoms with E-state index in [1.807, 2.05) is 0 Å². The summed E-state index contributed by atoms with van der Waals surface area (Å²) in [5.74, 6) is -0.0992. The molecule has 0 aromatic rings. The fourth-order valence-electron chi connectivity index (χ4n) is 4.54. The standard InChI is InChI=1S/C32H66O4Si/c1-6-8-10-12-14-15-16-17-18-19-20-22-24-26-28-34-29-31(30-35-37(3,4)5)36-32(33)27-25-23-21-13-11-9-7-2/h31H,6-30H2,1-5H3. The first kappa shape index (κ1) is 36.6. The second-order valence-corrected chi connectivity index (χ2v) is 16.6. The van der Waals surface area contributed by atoms with Crippen LogP contribution in [0.3, 0.4) is 0 Å². The Morgan fingerprint density at radius 2 is 0.973 bits per heavy atom. The predicted molar refractivity (Wildman–Crippen MR) is 163 cm³/mol. The van der Waals surface area contributed by atoms with Gasteiger partial charge in [-0.1, -0.05) is 136 Å². The van der Waals surface area contributed by atoms with Crippen molar-refractivity contribution < 1.29 is 18.7 Å². The Hall–Kier alpha value is -0.393. The maximum atomic E-state index is 12.4. The average molecular weight is 543 g/mol. The van der Waals surface area contributed by atoms with Gasteiger partial charge in [0.15, 0.2) is 8.32 Å². The van der Waals surface area contributed by atoms with Crippen molar-refractivity contribution in [2.45, 2.75) is 181 Å². The largest absolute Gasteiger partial charge is 0.457 e. The van der Waals surface area contributed by atoms with Gasteiger partial charge < -0.3 is 13.9 Å². The van der Waals surface area contributed by atoms with Crippen molar-refractivity contribution in [1.29, 1.82) is 0 Å². The molecule has 0 rings (SSSR count). The predicted octanol–water partition coefficient (Wildman–Crippen LogP) is 10.4. The van der Waals surface area contributed by atoms with Crippen LogP contribution in [0.4, 0.5) is 0 Å². The summed E-state index contributed by atoms with van der Waals surface area (Å²) in [7, 11) is -1.66. The van der Waals surface area contributed by atoms with Crippen LogP contribution < -0.4 is 0 Å². The Labute approximate surface area is 233 Å². The molecule has 0 aromatic heterocycles. The molecule has 0 heterocycles. The van der Waals surface area contributed by atoms with Gasteiger partial charge in [-0.2, -0.15) is 0 Å². The highest BCUT2D eigenvalue weighted by atomic mass is 28.4. The van der Waals surface area contributed by atoms with Gasteiger partial charge in [-0.05, 0) is 32.5 Å². The van der Waals surface area contributed by atoms with Crippen LogP contribution in [0.2, 0.25) is 19.6 Å². The summed E-state index contributed by atoms with van der Waals surface area (Å²) in [5, 5.41) is 0. The molecule has 0 fully saturated rings. The zero-order chi connectivity index (χ0) is 27.5. The Bertz CT molecular complexity index is 478. The maximum Gasteiger partial charge on any atom is 0.306 e. The third-order valence-corrected chi connectivity index (χ3v) is 7.96. The van der Waals surface area contributed by atoms with Gasteiger partial charge in [0.1, 0.15) is 6.10 Å². The normalized spacial score (nSPS) is 12.7. The van der Waals surface area contributed by atoms with E-state index in [1.165, 1.54) is 116 Å². The summed E-state index contributed by atoms with van der Waals surface area (Å²) in [6.45, 7) is 12.7. The van der Waals surface area contributed by atoms with Crippen LogP contribution in [0.15, 0.2) is 0 Å². The number of unbranched alkanes of at least 4 members (excludes halogenated alkanes) is 19. The third kappa shape index (κ3) is 30.0. The molecule has 4 nitrogen and oxygen atoms in total. The van der Waals surface area contributed by atoms with Crippen LogP contribution in [0.1, 0.15) is 155 Å². The molecule has 0 bridgehead atoms. The fraction of sp³-hybridized carbons (Fsp3) is 0.969. The number of carbonyl (C=O) groups excluding carboxylic acids is 1. The second-order valence-electron chi connectivity index (χ2n) is 12.1. The molecule has 5 heteroatoms. The van der Waals surface area contributed by atoms with Gasteiger partial charge in [-0.3, -0.25) is 4.79 Å². The highest BCUT2D eigenvalue weighted by molar-refractivity contribution is 6.69. The summed E-state index contributed by atoms with van der Waals surface area (Å²) in [6, 6.07) is 0. The lowest BCUT2D eigenvalue weighted by atomic mass is 10.0. The van der Waals surface area contributed by atoms with E-state index in [2.05, 4.69) is 33.5 Å². The van der Waals surface area contributed by atoms with Crippen molar-refractivity contribution in [3.05, 3.63) is 0 Å². The van der Waals surface area contributed by atoms with Crippen molar-refractivity contribution in [3.63, 3.8) is 0 Å². The number of hydrogen-bond donors (Lipinski definition) is 0. The highest BCUT2D eigenvalue weighted by Crippen LogP contribution is 2.14. The Morgan fingerprint density at radius 3 is 1.41 bits per heavy atom. The first-order valence-electron chi connectivity index (χ1n) is 16.3. The van der Waals surface area contributed by atoms with Crippen LogP contribution in [-0.4, -0.2) is 40.2 Å².